The monoisotopic (exact) mass is 357 g/mol. The third-order valence-electron chi connectivity index (χ3n) is 5.59. The molecule has 2 aromatic rings. The van der Waals surface area contributed by atoms with Gasteiger partial charge in [-0.05, 0) is 49.1 Å². The molecular weight excluding hydrogens is 338 g/mol. The summed E-state index contributed by atoms with van der Waals surface area (Å²) in [4.78, 5) is 20.4. The van der Waals surface area contributed by atoms with Crippen molar-refractivity contribution >= 4 is 23.4 Å². The van der Waals surface area contributed by atoms with E-state index in [0.29, 0.717) is 11.7 Å². The summed E-state index contributed by atoms with van der Waals surface area (Å²) in [6.07, 6.45) is 4.19. The number of hydrogen-bond acceptors (Lipinski definition) is 4. The smallest absolute Gasteiger partial charge is 0.308 e. The van der Waals surface area contributed by atoms with Crippen LogP contribution in [0.1, 0.15) is 25.7 Å². The minimum absolute atomic E-state index is 0.0976. The third kappa shape index (κ3) is 3.21. The van der Waals surface area contributed by atoms with Crippen molar-refractivity contribution in [3.63, 3.8) is 0 Å². The highest BCUT2D eigenvalue weighted by Gasteiger charge is 2.47. The van der Waals surface area contributed by atoms with Crippen molar-refractivity contribution in [1.82, 2.24) is 9.97 Å². The topological polar surface area (TPSA) is 75.1 Å². The number of halogens is 1. The lowest BCUT2D eigenvalue weighted by Crippen LogP contribution is -2.51. The first-order valence-corrected chi connectivity index (χ1v) is 9.09. The molecule has 3 saturated carbocycles. The van der Waals surface area contributed by atoms with Crippen molar-refractivity contribution in [2.75, 3.05) is 5.32 Å². The summed E-state index contributed by atoms with van der Waals surface area (Å²) in [6, 6.07) is 11.5. The van der Waals surface area contributed by atoms with E-state index in [2.05, 4.69) is 15.3 Å². The summed E-state index contributed by atoms with van der Waals surface area (Å²) >= 11 is 6.12. The number of nitrogens with one attached hydrogen (secondary N) is 1. The van der Waals surface area contributed by atoms with Crippen LogP contribution in [-0.4, -0.2) is 27.1 Å². The van der Waals surface area contributed by atoms with E-state index in [4.69, 9.17) is 11.6 Å². The molecule has 2 atom stereocenters. The second kappa shape index (κ2) is 6.64. The van der Waals surface area contributed by atoms with Gasteiger partial charge in [0.25, 0.3) is 0 Å². The second-order valence-corrected chi connectivity index (χ2v) is 7.32. The van der Waals surface area contributed by atoms with E-state index < -0.39 is 5.97 Å². The van der Waals surface area contributed by atoms with Crippen LogP contribution in [0.15, 0.2) is 36.4 Å². The number of hydrogen-bond donors (Lipinski definition) is 2. The molecular formula is C19H20ClN3O2. The minimum Gasteiger partial charge on any atom is -0.481 e. The molecule has 5 rings (SSSR count). The number of carbonyl (C=O) groups is 1. The third-order valence-corrected chi connectivity index (χ3v) is 5.76. The Hall–Kier alpha value is -2.14. The van der Waals surface area contributed by atoms with Crippen LogP contribution in [0.2, 0.25) is 5.28 Å². The van der Waals surface area contributed by atoms with Crippen LogP contribution in [0.4, 0.5) is 5.82 Å². The largest absolute Gasteiger partial charge is 0.481 e. The first kappa shape index (κ1) is 16.3. The van der Waals surface area contributed by atoms with Gasteiger partial charge in [-0.2, -0.15) is 0 Å². The van der Waals surface area contributed by atoms with E-state index in [9.17, 15) is 9.90 Å². The molecule has 25 heavy (non-hydrogen) atoms. The van der Waals surface area contributed by atoms with Crippen molar-refractivity contribution in [3.05, 3.63) is 41.7 Å². The number of aromatic nitrogens is 2. The van der Waals surface area contributed by atoms with Crippen LogP contribution in [0.3, 0.4) is 0 Å². The van der Waals surface area contributed by atoms with Crippen molar-refractivity contribution in [2.45, 2.75) is 31.7 Å². The lowest BCUT2D eigenvalue weighted by atomic mass is 9.61. The van der Waals surface area contributed by atoms with Gasteiger partial charge in [-0.15, -0.1) is 0 Å². The molecule has 2 N–H and O–H groups in total. The number of rotatable bonds is 4. The van der Waals surface area contributed by atoms with Gasteiger partial charge in [0.05, 0.1) is 11.6 Å². The average Bonchev–Trinajstić information content (AvgIpc) is 2.62. The zero-order valence-electron chi connectivity index (χ0n) is 13.7. The van der Waals surface area contributed by atoms with Gasteiger partial charge >= 0.3 is 5.97 Å². The first-order valence-electron chi connectivity index (χ1n) is 8.71. The molecule has 5 nitrogen and oxygen atoms in total. The predicted molar refractivity (Wildman–Crippen MR) is 96.5 cm³/mol. The van der Waals surface area contributed by atoms with Crippen LogP contribution in [0, 0.1) is 17.8 Å². The average molecular weight is 358 g/mol. The summed E-state index contributed by atoms with van der Waals surface area (Å²) < 4.78 is 0. The number of anilines is 1. The Balaban J connectivity index is 1.64. The van der Waals surface area contributed by atoms with E-state index in [1.54, 1.807) is 0 Å². The van der Waals surface area contributed by atoms with Gasteiger partial charge in [-0.1, -0.05) is 30.3 Å². The molecule has 1 aromatic carbocycles. The fourth-order valence-corrected chi connectivity index (χ4v) is 4.61. The normalized spacial score (nSPS) is 27.9. The highest BCUT2D eigenvalue weighted by molar-refractivity contribution is 6.28. The van der Waals surface area contributed by atoms with Crippen LogP contribution < -0.4 is 5.32 Å². The number of benzene rings is 1. The molecule has 0 aliphatic heterocycles. The molecule has 0 saturated heterocycles. The lowest BCUT2D eigenvalue weighted by molar-refractivity contribution is -0.148. The lowest BCUT2D eigenvalue weighted by Gasteiger charge is -2.47. The Morgan fingerprint density at radius 2 is 1.76 bits per heavy atom. The quantitative estimate of drug-likeness (QED) is 0.806. The summed E-state index contributed by atoms with van der Waals surface area (Å²) in [6.45, 7) is 0. The molecule has 6 heteroatoms. The van der Waals surface area contributed by atoms with Crippen LogP contribution in [0.25, 0.3) is 11.3 Å². The summed E-state index contributed by atoms with van der Waals surface area (Å²) in [7, 11) is 0. The molecule has 1 heterocycles. The first-order chi connectivity index (χ1) is 12.1. The van der Waals surface area contributed by atoms with Gasteiger partial charge in [0.15, 0.2) is 0 Å². The van der Waals surface area contributed by atoms with E-state index in [-0.39, 0.29) is 23.2 Å². The molecule has 2 bridgehead atoms. The SMILES string of the molecule is O=C(O)[C@H]1C2CCC(CC2)[C@@H]1Nc1cc(-c2ccccc2)nc(Cl)n1. The number of fused-ring (bicyclic) bond motifs is 3. The van der Waals surface area contributed by atoms with Crippen LogP contribution in [-0.2, 0) is 4.79 Å². The minimum atomic E-state index is -0.713. The highest BCUT2D eigenvalue weighted by atomic mass is 35.5. The summed E-state index contributed by atoms with van der Waals surface area (Å²) in [5.41, 5.74) is 1.69. The molecule has 1 aromatic heterocycles. The molecule has 0 amide bonds. The maximum atomic E-state index is 11.8. The van der Waals surface area contributed by atoms with Gasteiger partial charge in [-0.3, -0.25) is 4.79 Å². The fourth-order valence-electron chi connectivity index (χ4n) is 4.43. The Kier molecular flexibility index (Phi) is 4.34. The molecule has 3 aliphatic rings. The van der Waals surface area contributed by atoms with Gasteiger partial charge in [-0.25, -0.2) is 9.97 Å². The zero-order chi connectivity index (χ0) is 17.4. The van der Waals surface area contributed by atoms with Gasteiger partial charge in [0.2, 0.25) is 5.28 Å². The molecule has 0 spiro atoms. The van der Waals surface area contributed by atoms with E-state index >= 15 is 0 Å². The maximum Gasteiger partial charge on any atom is 0.308 e. The van der Waals surface area contributed by atoms with Crippen molar-refractivity contribution in [3.8, 4) is 11.3 Å². The maximum absolute atomic E-state index is 11.8. The van der Waals surface area contributed by atoms with E-state index in [1.165, 1.54) is 0 Å². The molecule has 130 valence electrons. The standard InChI is InChI=1S/C19H20ClN3O2/c20-19-21-14(11-4-2-1-3-5-11)10-15(23-19)22-17-13-8-6-12(7-9-13)16(17)18(24)25/h1-5,10,12-13,16-17H,6-9H2,(H,24,25)(H,21,22,23)/t12?,13?,16-,17-/m0/s1. The highest BCUT2D eigenvalue weighted by Crippen LogP contribution is 2.46. The summed E-state index contributed by atoms with van der Waals surface area (Å²) in [5, 5.41) is 13.2. The fraction of sp³-hybridized carbons (Fsp3) is 0.421. The Labute approximate surface area is 151 Å². The number of carboxylic acids is 1. The van der Waals surface area contributed by atoms with Crippen molar-refractivity contribution in [1.29, 1.82) is 0 Å². The van der Waals surface area contributed by atoms with E-state index in [1.807, 2.05) is 36.4 Å². The molecule has 3 fully saturated rings. The number of carboxylic acid groups (broad SMARTS) is 1. The van der Waals surface area contributed by atoms with Gasteiger partial charge < -0.3 is 10.4 Å². The van der Waals surface area contributed by atoms with Gasteiger partial charge in [0, 0.05) is 17.7 Å². The van der Waals surface area contributed by atoms with Crippen molar-refractivity contribution < 1.29 is 9.90 Å². The molecule has 3 aliphatic carbocycles. The summed E-state index contributed by atoms with van der Waals surface area (Å²) in [5.74, 6) is 0.158. The van der Waals surface area contributed by atoms with Gasteiger partial charge in [0.1, 0.15) is 5.82 Å². The second-order valence-electron chi connectivity index (χ2n) is 6.98. The molecule has 0 radical (unpaired) electrons. The van der Waals surface area contributed by atoms with Crippen LogP contribution >= 0.6 is 11.6 Å². The Bertz CT molecular complexity index is 775. The molecule has 0 unspecified atom stereocenters. The Morgan fingerprint density at radius 3 is 2.44 bits per heavy atom. The van der Waals surface area contributed by atoms with Crippen LogP contribution in [0.5, 0.6) is 0 Å². The van der Waals surface area contributed by atoms with Crippen molar-refractivity contribution in [2.24, 2.45) is 17.8 Å². The number of nitrogens with zero attached hydrogens (tertiary/aromatic N) is 2. The van der Waals surface area contributed by atoms with E-state index in [0.717, 1.165) is 36.9 Å². The number of aliphatic carboxylic acids is 1. The zero-order valence-corrected chi connectivity index (χ0v) is 14.5. The Morgan fingerprint density at radius 1 is 1.08 bits per heavy atom. The predicted octanol–water partition coefficient (Wildman–Crippen LogP) is 4.10.